The van der Waals surface area contributed by atoms with Crippen LogP contribution in [0.15, 0.2) is 0 Å². The van der Waals surface area contributed by atoms with Crippen molar-refractivity contribution in [1.82, 2.24) is 5.32 Å². The quantitative estimate of drug-likeness (QED) is 0.689. The van der Waals surface area contributed by atoms with E-state index < -0.39 is 0 Å². The summed E-state index contributed by atoms with van der Waals surface area (Å²) in [7, 11) is 0. The maximum Gasteiger partial charge on any atom is 0.220 e. The Labute approximate surface area is 94.4 Å². The second kappa shape index (κ2) is 7.23. The molecular formula is C10H20BrNO2. The van der Waals surface area contributed by atoms with Gasteiger partial charge in [0.25, 0.3) is 0 Å². The molecule has 0 atom stereocenters. The molecule has 0 rings (SSSR count). The minimum Gasteiger partial charge on any atom is -0.396 e. The molecule has 3 nitrogen and oxygen atoms in total. The van der Waals surface area contributed by atoms with E-state index >= 15 is 0 Å². The van der Waals surface area contributed by atoms with E-state index in [-0.39, 0.29) is 17.9 Å². The van der Waals surface area contributed by atoms with Crippen LogP contribution in [0.2, 0.25) is 0 Å². The molecule has 84 valence electrons. The van der Waals surface area contributed by atoms with Gasteiger partial charge in [0.15, 0.2) is 0 Å². The van der Waals surface area contributed by atoms with Crippen molar-refractivity contribution >= 4 is 21.8 Å². The van der Waals surface area contributed by atoms with Crippen LogP contribution in [0.4, 0.5) is 0 Å². The van der Waals surface area contributed by atoms with Crippen LogP contribution >= 0.6 is 15.9 Å². The van der Waals surface area contributed by atoms with Crippen LogP contribution in [-0.2, 0) is 4.79 Å². The molecule has 0 spiro atoms. The monoisotopic (exact) mass is 265 g/mol. The SMILES string of the molecule is CC(C)(CCCO)CNC(=O)CCBr. The second-order valence-electron chi connectivity index (χ2n) is 4.21. The predicted octanol–water partition coefficient (Wildman–Crippen LogP) is 1.69. The van der Waals surface area contributed by atoms with Gasteiger partial charge in [-0.25, -0.2) is 0 Å². The third-order valence-corrected chi connectivity index (χ3v) is 2.49. The molecule has 0 aliphatic carbocycles. The number of amides is 1. The molecule has 4 heteroatoms. The van der Waals surface area contributed by atoms with E-state index in [1.807, 2.05) is 0 Å². The van der Waals surface area contributed by atoms with Crippen LogP contribution in [0.5, 0.6) is 0 Å². The summed E-state index contributed by atoms with van der Waals surface area (Å²) in [6.07, 6.45) is 2.25. The average Bonchev–Trinajstić information content (AvgIpc) is 2.13. The van der Waals surface area contributed by atoms with Gasteiger partial charge in [0.05, 0.1) is 0 Å². The first-order valence-electron chi connectivity index (χ1n) is 4.95. The highest BCUT2D eigenvalue weighted by Crippen LogP contribution is 2.20. The van der Waals surface area contributed by atoms with Gasteiger partial charge in [-0.15, -0.1) is 0 Å². The van der Waals surface area contributed by atoms with Crippen LogP contribution in [0, 0.1) is 5.41 Å². The van der Waals surface area contributed by atoms with Gasteiger partial charge < -0.3 is 10.4 Å². The third-order valence-electron chi connectivity index (χ3n) is 2.10. The Morgan fingerprint density at radius 1 is 1.50 bits per heavy atom. The van der Waals surface area contributed by atoms with E-state index in [1.54, 1.807) is 0 Å². The van der Waals surface area contributed by atoms with Crippen molar-refractivity contribution in [3.63, 3.8) is 0 Å². The largest absolute Gasteiger partial charge is 0.396 e. The second-order valence-corrected chi connectivity index (χ2v) is 5.00. The zero-order valence-electron chi connectivity index (χ0n) is 8.98. The lowest BCUT2D eigenvalue weighted by Crippen LogP contribution is -2.34. The number of hydrogen-bond acceptors (Lipinski definition) is 2. The molecule has 0 aliphatic rings. The normalized spacial score (nSPS) is 11.4. The number of rotatable bonds is 7. The summed E-state index contributed by atoms with van der Waals surface area (Å²) in [5.74, 6) is 0.0824. The average molecular weight is 266 g/mol. The Balaban J connectivity index is 3.68. The van der Waals surface area contributed by atoms with Crippen molar-refractivity contribution < 1.29 is 9.90 Å². The van der Waals surface area contributed by atoms with Crippen molar-refractivity contribution in [3.8, 4) is 0 Å². The zero-order chi connectivity index (χ0) is 11.0. The molecule has 0 aromatic heterocycles. The Hall–Kier alpha value is -0.0900. The Kier molecular flexibility index (Phi) is 7.19. The fourth-order valence-corrected chi connectivity index (χ4v) is 1.52. The number of halogens is 1. The molecular weight excluding hydrogens is 246 g/mol. The Bertz CT molecular complexity index is 172. The van der Waals surface area contributed by atoms with Crippen LogP contribution in [0.25, 0.3) is 0 Å². The molecule has 0 aromatic rings. The van der Waals surface area contributed by atoms with Gasteiger partial charge in [0, 0.05) is 24.9 Å². The highest BCUT2D eigenvalue weighted by molar-refractivity contribution is 9.09. The van der Waals surface area contributed by atoms with Gasteiger partial charge >= 0.3 is 0 Å². The van der Waals surface area contributed by atoms with E-state index in [1.165, 1.54) is 0 Å². The number of alkyl halides is 1. The third kappa shape index (κ3) is 7.33. The summed E-state index contributed by atoms with van der Waals surface area (Å²) in [5.41, 5.74) is 0.0741. The summed E-state index contributed by atoms with van der Waals surface area (Å²) in [6.45, 7) is 5.09. The molecule has 0 radical (unpaired) electrons. The smallest absolute Gasteiger partial charge is 0.220 e. The van der Waals surface area contributed by atoms with E-state index in [2.05, 4.69) is 35.1 Å². The number of hydrogen-bond donors (Lipinski definition) is 2. The minimum absolute atomic E-state index is 0.0741. The summed E-state index contributed by atoms with van der Waals surface area (Å²) in [5, 5.41) is 12.3. The lowest BCUT2D eigenvalue weighted by Gasteiger charge is -2.24. The van der Waals surface area contributed by atoms with Crippen molar-refractivity contribution in [2.45, 2.75) is 33.1 Å². The molecule has 0 saturated heterocycles. The Morgan fingerprint density at radius 2 is 2.14 bits per heavy atom. The molecule has 14 heavy (non-hydrogen) atoms. The molecule has 0 fully saturated rings. The highest BCUT2D eigenvalue weighted by atomic mass is 79.9. The first-order chi connectivity index (χ1) is 6.52. The van der Waals surface area contributed by atoms with Crippen LogP contribution < -0.4 is 5.32 Å². The van der Waals surface area contributed by atoms with Gasteiger partial charge in [-0.1, -0.05) is 29.8 Å². The molecule has 0 unspecified atom stereocenters. The maximum absolute atomic E-state index is 11.2. The number of carbonyl (C=O) groups is 1. The standard InChI is InChI=1S/C10H20BrNO2/c1-10(2,5-3-7-13)8-12-9(14)4-6-11/h13H,3-8H2,1-2H3,(H,12,14). The first-order valence-corrected chi connectivity index (χ1v) is 6.07. The fourth-order valence-electron chi connectivity index (χ4n) is 1.16. The lowest BCUT2D eigenvalue weighted by molar-refractivity contribution is -0.121. The highest BCUT2D eigenvalue weighted by Gasteiger charge is 2.17. The number of nitrogens with one attached hydrogen (secondary N) is 1. The molecule has 1 amide bonds. The number of aliphatic hydroxyl groups is 1. The van der Waals surface area contributed by atoms with Gasteiger partial charge in [0.2, 0.25) is 5.91 Å². The van der Waals surface area contributed by atoms with Crippen LogP contribution in [-0.4, -0.2) is 29.5 Å². The molecule has 0 bridgehead atoms. The molecule has 2 N–H and O–H groups in total. The van der Waals surface area contributed by atoms with Gasteiger partial charge in [-0.2, -0.15) is 0 Å². The first kappa shape index (κ1) is 13.9. The Morgan fingerprint density at radius 3 is 2.64 bits per heavy atom. The topological polar surface area (TPSA) is 49.3 Å². The van der Waals surface area contributed by atoms with E-state index in [0.717, 1.165) is 12.8 Å². The summed E-state index contributed by atoms with van der Waals surface area (Å²) in [6, 6.07) is 0. The molecule has 0 aromatic carbocycles. The molecule has 0 heterocycles. The molecule has 0 saturated carbocycles. The predicted molar refractivity (Wildman–Crippen MR) is 61.5 cm³/mol. The van der Waals surface area contributed by atoms with Gasteiger partial charge in [0.1, 0.15) is 0 Å². The lowest BCUT2D eigenvalue weighted by atomic mass is 9.88. The maximum atomic E-state index is 11.2. The van der Waals surface area contributed by atoms with Crippen molar-refractivity contribution in [3.05, 3.63) is 0 Å². The van der Waals surface area contributed by atoms with Gasteiger partial charge in [-0.05, 0) is 18.3 Å². The summed E-state index contributed by atoms with van der Waals surface area (Å²) < 4.78 is 0. The minimum atomic E-state index is 0.0741. The van der Waals surface area contributed by atoms with E-state index in [9.17, 15) is 4.79 Å². The van der Waals surface area contributed by atoms with Crippen LogP contribution in [0.1, 0.15) is 33.1 Å². The summed E-state index contributed by atoms with van der Waals surface area (Å²) >= 11 is 3.22. The van der Waals surface area contributed by atoms with Crippen molar-refractivity contribution in [2.75, 3.05) is 18.5 Å². The van der Waals surface area contributed by atoms with Crippen LogP contribution in [0.3, 0.4) is 0 Å². The fraction of sp³-hybridized carbons (Fsp3) is 0.900. The summed E-state index contributed by atoms with van der Waals surface area (Å²) in [4.78, 5) is 11.2. The van der Waals surface area contributed by atoms with E-state index in [0.29, 0.717) is 18.3 Å². The number of aliphatic hydroxyl groups excluding tert-OH is 1. The molecule has 0 aliphatic heterocycles. The van der Waals surface area contributed by atoms with Crippen molar-refractivity contribution in [1.29, 1.82) is 0 Å². The number of carbonyl (C=O) groups excluding carboxylic acids is 1. The van der Waals surface area contributed by atoms with Gasteiger partial charge in [-0.3, -0.25) is 4.79 Å². The zero-order valence-corrected chi connectivity index (χ0v) is 10.6. The van der Waals surface area contributed by atoms with E-state index in [4.69, 9.17) is 5.11 Å². The van der Waals surface area contributed by atoms with Crippen molar-refractivity contribution in [2.24, 2.45) is 5.41 Å².